The number of aromatic amines is 1. The highest BCUT2D eigenvalue weighted by molar-refractivity contribution is 5.75. The van der Waals surface area contributed by atoms with Crippen LogP contribution in [-0.2, 0) is 17.8 Å². The van der Waals surface area contributed by atoms with Crippen molar-refractivity contribution in [1.82, 2.24) is 20.4 Å². The molecule has 0 radical (unpaired) electrons. The first-order valence-corrected chi connectivity index (χ1v) is 8.41. The van der Waals surface area contributed by atoms with Crippen molar-refractivity contribution < 1.29 is 22.8 Å². The third-order valence-corrected chi connectivity index (χ3v) is 4.49. The number of nitrogens with zero attached hydrogens (tertiary/aromatic N) is 3. The molecule has 1 amide bonds. The molecule has 2 aromatic heterocycles. The second-order valence-electron chi connectivity index (χ2n) is 6.34. The number of amides is 1. The van der Waals surface area contributed by atoms with E-state index in [0.29, 0.717) is 12.8 Å². The van der Waals surface area contributed by atoms with Crippen LogP contribution in [0.3, 0.4) is 0 Å². The number of hydrogen-bond donors (Lipinski definition) is 2. The number of halogens is 2. The summed E-state index contributed by atoms with van der Waals surface area (Å²) in [6, 6.07) is 3.05. The van der Waals surface area contributed by atoms with Crippen LogP contribution >= 0.6 is 0 Å². The lowest BCUT2D eigenvalue weighted by atomic mass is 9.93. The van der Waals surface area contributed by atoms with Gasteiger partial charge in [0.1, 0.15) is 11.5 Å². The molecule has 0 saturated carbocycles. The van der Waals surface area contributed by atoms with Crippen molar-refractivity contribution in [2.75, 3.05) is 0 Å². The van der Waals surface area contributed by atoms with Crippen LogP contribution < -0.4 is 15.6 Å². The fraction of sp³-hybridized carbons (Fsp3) is 0.294. The lowest BCUT2D eigenvalue weighted by molar-refractivity contribution is -0.751. The Bertz CT molecular complexity index is 1060. The molecule has 1 aliphatic rings. The second kappa shape index (κ2) is 6.78. The number of carbonyl (C=O) groups is 1. The van der Waals surface area contributed by atoms with E-state index in [2.05, 4.69) is 20.2 Å². The maximum absolute atomic E-state index is 14.1. The normalized spacial score (nSPS) is 16.1. The molecule has 3 aromatic rings. The third-order valence-electron chi connectivity index (χ3n) is 4.49. The highest BCUT2D eigenvalue weighted by Gasteiger charge is 2.28. The van der Waals surface area contributed by atoms with E-state index in [1.54, 1.807) is 6.20 Å². The highest BCUT2D eigenvalue weighted by Crippen LogP contribution is 2.31. The topological polar surface area (TPSA) is 96.8 Å². The molecular formula is C17H16F2N5O3+. The van der Waals surface area contributed by atoms with Gasteiger partial charge in [0, 0.05) is 17.3 Å². The number of H-pyrrole nitrogens is 1. The number of fused-ring (bicyclic) bond motifs is 1. The van der Waals surface area contributed by atoms with Crippen molar-refractivity contribution in [3.05, 3.63) is 63.9 Å². The maximum Gasteiger partial charge on any atom is 0.426 e. The van der Waals surface area contributed by atoms with Crippen molar-refractivity contribution in [2.45, 2.75) is 31.8 Å². The summed E-state index contributed by atoms with van der Waals surface area (Å²) in [6.45, 7) is -0.0989. The van der Waals surface area contributed by atoms with Crippen LogP contribution in [0, 0.1) is 11.6 Å². The summed E-state index contributed by atoms with van der Waals surface area (Å²) in [6.07, 6.45) is 4.89. The van der Waals surface area contributed by atoms with Gasteiger partial charge in [0.15, 0.2) is 5.82 Å². The van der Waals surface area contributed by atoms with Gasteiger partial charge in [-0.15, -0.1) is 0 Å². The monoisotopic (exact) mass is 376 g/mol. The summed E-state index contributed by atoms with van der Waals surface area (Å²) in [5.41, 5.74) is 1.16. The first-order chi connectivity index (χ1) is 13.0. The number of hydrogen-bond acceptors (Lipinski definition) is 4. The third kappa shape index (κ3) is 3.37. The van der Waals surface area contributed by atoms with Gasteiger partial charge in [-0.05, 0) is 36.7 Å². The average Bonchev–Trinajstić information content (AvgIpc) is 3.22. The largest absolute Gasteiger partial charge is 0.426 e. The first-order valence-electron chi connectivity index (χ1n) is 8.41. The van der Waals surface area contributed by atoms with Crippen LogP contribution in [0.25, 0.3) is 5.69 Å². The minimum atomic E-state index is -0.702. The maximum atomic E-state index is 14.1. The first kappa shape index (κ1) is 17.1. The van der Waals surface area contributed by atoms with Gasteiger partial charge >= 0.3 is 5.63 Å². The van der Waals surface area contributed by atoms with Crippen LogP contribution in [0.15, 0.2) is 39.9 Å². The fourth-order valence-electron chi connectivity index (χ4n) is 3.32. The van der Waals surface area contributed by atoms with E-state index in [0.717, 1.165) is 29.9 Å². The predicted molar refractivity (Wildman–Crippen MR) is 86.8 cm³/mol. The molecule has 0 spiro atoms. The Labute approximate surface area is 151 Å². The Morgan fingerprint density at radius 3 is 3.04 bits per heavy atom. The van der Waals surface area contributed by atoms with E-state index in [-0.39, 0.29) is 24.2 Å². The zero-order valence-corrected chi connectivity index (χ0v) is 14.1. The molecule has 0 bridgehead atoms. The Morgan fingerprint density at radius 1 is 1.44 bits per heavy atom. The number of benzene rings is 1. The SMILES string of the molecule is O=C(C[n+]1cc(=O)o[nH]1)NC1CCCc2c1cnn2-c1ccc(F)cc1F. The van der Waals surface area contributed by atoms with E-state index < -0.39 is 17.3 Å². The number of aromatic nitrogens is 4. The van der Waals surface area contributed by atoms with Gasteiger partial charge in [-0.2, -0.15) is 5.10 Å². The smallest absolute Gasteiger partial charge is 0.344 e. The summed E-state index contributed by atoms with van der Waals surface area (Å²) in [5, 5.41) is 9.44. The molecule has 2 N–H and O–H groups in total. The van der Waals surface area contributed by atoms with Gasteiger partial charge in [-0.3, -0.25) is 9.32 Å². The molecule has 10 heteroatoms. The molecule has 8 nitrogen and oxygen atoms in total. The highest BCUT2D eigenvalue weighted by atomic mass is 19.1. The zero-order chi connectivity index (χ0) is 19.0. The van der Waals surface area contributed by atoms with Crippen molar-refractivity contribution >= 4 is 5.91 Å². The van der Waals surface area contributed by atoms with E-state index >= 15 is 0 Å². The Hall–Kier alpha value is -3.30. The molecule has 140 valence electrons. The molecule has 0 aliphatic heterocycles. The lowest BCUT2D eigenvalue weighted by Gasteiger charge is -2.23. The minimum Gasteiger partial charge on any atom is -0.344 e. The minimum absolute atomic E-state index is 0.0989. The van der Waals surface area contributed by atoms with Crippen molar-refractivity contribution in [2.24, 2.45) is 0 Å². The van der Waals surface area contributed by atoms with Crippen molar-refractivity contribution in [3.63, 3.8) is 0 Å². The molecule has 1 aromatic carbocycles. The standard InChI is InChI=1S/C17H15F2N5O3/c18-10-4-5-15(12(19)6-10)24-14-3-1-2-13(11(14)7-20-24)21-16(25)8-23-9-17(26)27-22-23/h4-7,9,13H,1-3,8H2,(H-,21,22,25,26)/p+1. The molecule has 2 heterocycles. The van der Waals surface area contributed by atoms with Crippen molar-refractivity contribution in [3.8, 4) is 5.69 Å². The Kier molecular flexibility index (Phi) is 4.30. The molecule has 4 rings (SSSR count). The number of nitrogens with one attached hydrogen (secondary N) is 2. The van der Waals surface area contributed by atoms with Crippen LogP contribution in [0.5, 0.6) is 0 Å². The molecule has 27 heavy (non-hydrogen) atoms. The summed E-state index contributed by atoms with van der Waals surface area (Å²) in [4.78, 5) is 23.2. The zero-order valence-electron chi connectivity index (χ0n) is 14.1. The molecular weight excluding hydrogens is 360 g/mol. The molecule has 0 fully saturated rings. The van der Waals surface area contributed by atoms with Gasteiger partial charge in [-0.25, -0.2) is 18.3 Å². The van der Waals surface area contributed by atoms with Gasteiger partial charge < -0.3 is 5.32 Å². The Balaban J connectivity index is 1.56. The van der Waals surface area contributed by atoms with Crippen LogP contribution in [0.4, 0.5) is 8.78 Å². The van der Waals surface area contributed by atoms with Crippen molar-refractivity contribution in [1.29, 1.82) is 0 Å². The quantitative estimate of drug-likeness (QED) is 0.662. The van der Waals surface area contributed by atoms with Crippen LogP contribution in [0.2, 0.25) is 0 Å². The van der Waals surface area contributed by atoms with Gasteiger partial charge in [0.25, 0.3) is 18.6 Å². The van der Waals surface area contributed by atoms with Crippen LogP contribution in [-0.4, -0.2) is 21.0 Å². The summed E-state index contributed by atoms with van der Waals surface area (Å²) >= 11 is 0. The second-order valence-corrected chi connectivity index (χ2v) is 6.34. The van der Waals surface area contributed by atoms with Gasteiger partial charge in [-0.1, -0.05) is 4.68 Å². The molecule has 1 atom stereocenters. The fourth-order valence-corrected chi connectivity index (χ4v) is 3.32. The van der Waals surface area contributed by atoms with E-state index in [9.17, 15) is 18.4 Å². The van der Waals surface area contributed by atoms with Gasteiger partial charge in [0.2, 0.25) is 0 Å². The van der Waals surface area contributed by atoms with E-state index in [1.165, 1.54) is 21.5 Å². The predicted octanol–water partition coefficient (Wildman–Crippen LogP) is 0.913. The summed E-state index contributed by atoms with van der Waals surface area (Å²) in [5.74, 6) is -1.67. The molecule has 0 saturated heterocycles. The van der Waals surface area contributed by atoms with E-state index in [1.807, 2.05) is 0 Å². The van der Waals surface area contributed by atoms with E-state index in [4.69, 9.17) is 0 Å². The molecule has 1 unspecified atom stereocenters. The van der Waals surface area contributed by atoms with Crippen LogP contribution in [0.1, 0.15) is 30.1 Å². The lowest BCUT2D eigenvalue weighted by Crippen LogP contribution is -2.45. The van der Waals surface area contributed by atoms with Gasteiger partial charge in [0.05, 0.1) is 12.2 Å². The molecule has 1 aliphatic carbocycles. The summed E-state index contributed by atoms with van der Waals surface area (Å²) in [7, 11) is 0. The Morgan fingerprint density at radius 2 is 2.30 bits per heavy atom. The average molecular weight is 376 g/mol. The number of carbonyl (C=O) groups excluding carboxylic acids is 1. The number of rotatable bonds is 4. The summed E-state index contributed by atoms with van der Waals surface area (Å²) < 4.78 is 34.5.